The Morgan fingerprint density at radius 3 is 2.83 bits per heavy atom. The normalized spacial score (nSPS) is 12.2. The van der Waals surface area contributed by atoms with E-state index in [1.54, 1.807) is 6.07 Å². The van der Waals surface area contributed by atoms with E-state index in [-0.39, 0.29) is 17.6 Å². The van der Waals surface area contributed by atoms with Crippen LogP contribution in [0.15, 0.2) is 11.4 Å². The zero-order chi connectivity index (χ0) is 13.2. The smallest absolute Gasteiger partial charge is 0.373 e. The Labute approximate surface area is 110 Å². The van der Waals surface area contributed by atoms with E-state index in [0.29, 0.717) is 4.83 Å². The number of nitrogens with zero attached hydrogens (tertiary/aromatic N) is 2. The highest BCUT2D eigenvalue weighted by molar-refractivity contribution is 7.16. The minimum absolute atomic E-state index is 0.0797. The number of alkyl halides is 3. The first-order valence-electron chi connectivity index (χ1n) is 5.00. The van der Waals surface area contributed by atoms with Gasteiger partial charge >= 0.3 is 6.18 Å². The Balaban J connectivity index is 1.95. The summed E-state index contributed by atoms with van der Waals surface area (Å²) in [4.78, 5) is 8.81. The van der Waals surface area contributed by atoms with Crippen molar-refractivity contribution in [3.63, 3.8) is 0 Å². The predicted octanol–water partition coefficient (Wildman–Crippen LogP) is 3.81. The fraction of sp³-hybridized carbons (Fsp3) is 0.400. The molecule has 2 rings (SSSR count). The molecule has 0 unspecified atom stereocenters. The van der Waals surface area contributed by atoms with Gasteiger partial charge in [-0.15, -0.1) is 11.3 Å². The molecule has 0 N–H and O–H groups in total. The Hall–Kier alpha value is -0.920. The molecular formula is C10H8ClF3N2OS. The van der Waals surface area contributed by atoms with Crippen molar-refractivity contribution < 1.29 is 17.9 Å². The molecule has 98 valence electrons. The molecule has 0 fully saturated rings. The van der Waals surface area contributed by atoms with Gasteiger partial charge in [-0.3, -0.25) is 0 Å². The van der Waals surface area contributed by atoms with E-state index >= 15 is 0 Å². The van der Waals surface area contributed by atoms with Gasteiger partial charge < -0.3 is 4.74 Å². The Kier molecular flexibility index (Phi) is 4.04. The van der Waals surface area contributed by atoms with Crippen LogP contribution in [0.4, 0.5) is 13.2 Å². The van der Waals surface area contributed by atoms with E-state index in [1.807, 2.05) is 5.38 Å². The van der Waals surface area contributed by atoms with Gasteiger partial charge in [-0.2, -0.15) is 13.2 Å². The minimum atomic E-state index is -4.21. The second kappa shape index (κ2) is 5.38. The third-order valence-corrected chi connectivity index (χ3v) is 3.18. The van der Waals surface area contributed by atoms with Gasteiger partial charge in [-0.1, -0.05) is 11.6 Å². The molecule has 2 heterocycles. The van der Waals surface area contributed by atoms with Crippen LogP contribution in [-0.4, -0.2) is 22.8 Å². The van der Waals surface area contributed by atoms with Crippen molar-refractivity contribution in [2.24, 2.45) is 0 Å². The van der Waals surface area contributed by atoms with Crippen molar-refractivity contribution in [1.29, 1.82) is 0 Å². The van der Waals surface area contributed by atoms with Gasteiger partial charge in [0.15, 0.2) is 5.82 Å². The number of thiophene rings is 1. The van der Waals surface area contributed by atoms with Crippen LogP contribution in [0.2, 0.25) is 5.15 Å². The van der Waals surface area contributed by atoms with Crippen LogP contribution in [0.3, 0.4) is 0 Å². The molecule has 2 aromatic rings. The average molecular weight is 297 g/mol. The third kappa shape index (κ3) is 3.54. The Morgan fingerprint density at radius 2 is 2.11 bits per heavy atom. The lowest BCUT2D eigenvalue weighted by Gasteiger charge is -2.06. The standard InChI is InChI=1S/C10H8ClF3N2OS/c11-8-6-1-4-18-9(6)16-7(15-8)5-17-3-2-10(12,13)14/h1,4H,2-3,5H2. The molecule has 0 aliphatic rings. The average Bonchev–Trinajstić information content (AvgIpc) is 2.71. The molecule has 0 atom stereocenters. The largest absolute Gasteiger partial charge is 0.391 e. The van der Waals surface area contributed by atoms with Crippen LogP contribution in [-0.2, 0) is 11.3 Å². The molecule has 2 aromatic heterocycles. The van der Waals surface area contributed by atoms with Crippen molar-refractivity contribution in [3.8, 4) is 0 Å². The van der Waals surface area contributed by atoms with Crippen LogP contribution in [0.1, 0.15) is 12.2 Å². The summed E-state index contributed by atoms with van der Waals surface area (Å²) in [5.74, 6) is 0.289. The number of ether oxygens (including phenoxy) is 1. The second-order valence-corrected chi connectivity index (χ2v) is 4.74. The number of hydrogen-bond acceptors (Lipinski definition) is 4. The van der Waals surface area contributed by atoms with E-state index in [2.05, 4.69) is 9.97 Å². The van der Waals surface area contributed by atoms with Crippen molar-refractivity contribution in [2.45, 2.75) is 19.2 Å². The van der Waals surface area contributed by atoms with Crippen LogP contribution in [0, 0.1) is 0 Å². The molecule has 0 aliphatic heterocycles. The molecule has 0 bridgehead atoms. The SMILES string of the molecule is FC(F)(F)CCOCc1nc(Cl)c2ccsc2n1. The molecule has 8 heteroatoms. The van der Waals surface area contributed by atoms with Gasteiger partial charge in [0, 0.05) is 5.39 Å². The monoisotopic (exact) mass is 296 g/mol. The Morgan fingerprint density at radius 1 is 1.33 bits per heavy atom. The molecular weight excluding hydrogens is 289 g/mol. The van der Waals surface area contributed by atoms with Crippen molar-refractivity contribution in [1.82, 2.24) is 9.97 Å². The molecule has 0 amide bonds. The predicted molar refractivity (Wildman–Crippen MR) is 62.8 cm³/mol. The molecule has 0 aliphatic carbocycles. The van der Waals surface area contributed by atoms with E-state index < -0.39 is 19.2 Å². The lowest BCUT2D eigenvalue weighted by Crippen LogP contribution is -2.12. The summed E-state index contributed by atoms with van der Waals surface area (Å²) in [7, 11) is 0. The highest BCUT2D eigenvalue weighted by atomic mass is 35.5. The first-order valence-corrected chi connectivity index (χ1v) is 6.25. The zero-order valence-electron chi connectivity index (χ0n) is 9.00. The van der Waals surface area contributed by atoms with Gasteiger partial charge in [-0.05, 0) is 11.4 Å². The summed E-state index contributed by atoms with van der Waals surface area (Å²) in [6.45, 7) is -0.489. The fourth-order valence-electron chi connectivity index (χ4n) is 1.28. The Bertz CT molecular complexity index is 543. The van der Waals surface area contributed by atoms with Crippen molar-refractivity contribution >= 4 is 33.2 Å². The molecule has 18 heavy (non-hydrogen) atoms. The van der Waals surface area contributed by atoms with Gasteiger partial charge in [0.25, 0.3) is 0 Å². The van der Waals surface area contributed by atoms with Gasteiger partial charge in [-0.25, -0.2) is 9.97 Å². The quantitative estimate of drug-likeness (QED) is 0.635. The molecule has 0 saturated carbocycles. The maximum Gasteiger partial charge on any atom is 0.391 e. The maximum atomic E-state index is 11.9. The van der Waals surface area contributed by atoms with Gasteiger partial charge in [0.1, 0.15) is 16.6 Å². The molecule has 3 nitrogen and oxygen atoms in total. The molecule has 0 spiro atoms. The number of rotatable bonds is 4. The number of aromatic nitrogens is 2. The van der Waals surface area contributed by atoms with Gasteiger partial charge in [0.2, 0.25) is 0 Å². The highest BCUT2D eigenvalue weighted by Gasteiger charge is 2.26. The van der Waals surface area contributed by atoms with Crippen LogP contribution in [0.5, 0.6) is 0 Å². The van der Waals surface area contributed by atoms with Crippen LogP contribution >= 0.6 is 22.9 Å². The lowest BCUT2D eigenvalue weighted by molar-refractivity contribution is -0.146. The third-order valence-electron chi connectivity index (χ3n) is 2.09. The summed E-state index contributed by atoms with van der Waals surface area (Å²) in [6.07, 6.45) is -5.20. The minimum Gasteiger partial charge on any atom is -0.373 e. The lowest BCUT2D eigenvalue weighted by atomic mass is 10.4. The zero-order valence-corrected chi connectivity index (χ0v) is 10.6. The van der Waals surface area contributed by atoms with E-state index in [9.17, 15) is 13.2 Å². The number of fused-ring (bicyclic) bond motifs is 1. The summed E-state index contributed by atoms with van der Waals surface area (Å²) < 4.78 is 40.5. The topological polar surface area (TPSA) is 35.0 Å². The fourth-order valence-corrected chi connectivity index (χ4v) is 2.37. The molecule has 0 radical (unpaired) electrons. The summed E-state index contributed by atoms with van der Waals surface area (Å²) in [6, 6.07) is 1.79. The second-order valence-electron chi connectivity index (χ2n) is 3.49. The number of hydrogen-bond donors (Lipinski definition) is 0. The van der Waals surface area contributed by atoms with Gasteiger partial charge in [0.05, 0.1) is 13.0 Å². The van der Waals surface area contributed by atoms with Crippen LogP contribution in [0.25, 0.3) is 10.2 Å². The van der Waals surface area contributed by atoms with E-state index in [1.165, 1.54) is 11.3 Å². The van der Waals surface area contributed by atoms with Crippen LogP contribution < -0.4 is 0 Å². The first-order chi connectivity index (χ1) is 8.46. The number of halogens is 4. The molecule has 0 saturated heterocycles. The van der Waals surface area contributed by atoms with Crippen molar-refractivity contribution in [2.75, 3.05) is 6.61 Å². The maximum absolute atomic E-state index is 11.9. The summed E-state index contributed by atoms with van der Waals surface area (Å²) >= 11 is 7.30. The van der Waals surface area contributed by atoms with E-state index in [0.717, 1.165) is 5.39 Å². The van der Waals surface area contributed by atoms with Crippen molar-refractivity contribution in [3.05, 3.63) is 22.4 Å². The first kappa shape index (κ1) is 13.5. The highest BCUT2D eigenvalue weighted by Crippen LogP contribution is 2.25. The summed E-state index contributed by atoms with van der Waals surface area (Å²) in [5, 5.41) is 2.84. The van der Waals surface area contributed by atoms with E-state index in [4.69, 9.17) is 16.3 Å². The summed E-state index contributed by atoms with van der Waals surface area (Å²) in [5.41, 5.74) is 0. The molecule has 0 aromatic carbocycles.